The minimum atomic E-state index is -3.78. The second kappa shape index (κ2) is 4.66. The van der Waals surface area contributed by atoms with E-state index in [-0.39, 0.29) is 11.7 Å². The van der Waals surface area contributed by atoms with Crippen LogP contribution in [0, 0.1) is 11.8 Å². The maximum atomic E-state index is 10.6. The van der Waals surface area contributed by atoms with Crippen molar-refractivity contribution in [2.75, 3.05) is 17.3 Å². The van der Waals surface area contributed by atoms with Crippen LogP contribution < -0.4 is 0 Å². The molecular formula is C8H16O3S2. The Labute approximate surface area is 84.0 Å². The van der Waals surface area contributed by atoms with Crippen LogP contribution in [0.1, 0.15) is 19.8 Å². The van der Waals surface area contributed by atoms with Crippen LogP contribution in [-0.4, -0.2) is 30.2 Å². The topological polar surface area (TPSA) is 54.4 Å². The zero-order chi connectivity index (χ0) is 9.90. The van der Waals surface area contributed by atoms with E-state index in [1.54, 1.807) is 0 Å². The summed E-state index contributed by atoms with van der Waals surface area (Å²) in [6.45, 7) is 1.91. The van der Waals surface area contributed by atoms with Gasteiger partial charge in [0.1, 0.15) is 0 Å². The monoisotopic (exact) mass is 224 g/mol. The summed E-state index contributed by atoms with van der Waals surface area (Å²) in [5, 5.41) is 0. The third-order valence-corrected chi connectivity index (χ3v) is 4.66. The Morgan fingerprint density at radius 3 is 2.77 bits per heavy atom. The molecule has 0 bridgehead atoms. The molecule has 0 amide bonds. The van der Waals surface area contributed by atoms with Gasteiger partial charge in [0.15, 0.2) is 0 Å². The lowest BCUT2D eigenvalue weighted by molar-refractivity contribution is 0.377. The van der Waals surface area contributed by atoms with E-state index in [2.05, 4.69) is 0 Å². The minimum absolute atomic E-state index is 0.0851. The van der Waals surface area contributed by atoms with E-state index < -0.39 is 10.1 Å². The number of hydrogen-bond acceptors (Lipinski definition) is 3. The van der Waals surface area contributed by atoms with Crippen molar-refractivity contribution in [3.63, 3.8) is 0 Å². The predicted octanol–water partition coefficient (Wildman–Crippen LogP) is 1.65. The van der Waals surface area contributed by atoms with Gasteiger partial charge in [0.2, 0.25) is 0 Å². The summed E-state index contributed by atoms with van der Waals surface area (Å²) >= 11 is 1.88. The standard InChI is InChI=1S/C8H16O3S2/c1-7(6-13(9,10)11)8-3-2-4-12-5-8/h7-8H,2-6H2,1H3,(H,9,10,11). The molecule has 2 atom stereocenters. The van der Waals surface area contributed by atoms with Gasteiger partial charge in [-0.05, 0) is 36.2 Å². The molecule has 2 unspecified atom stereocenters. The molecule has 1 aliphatic rings. The third kappa shape index (κ3) is 4.33. The summed E-state index contributed by atoms with van der Waals surface area (Å²) in [7, 11) is -3.78. The summed E-state index contributed by atoms with van der Waals surface area (Å²) in [5.74, 6) is 2.69. The van der Waals surface area contributed by atoms with E-state index >= 15 is 0 Å². The van der Waals surface area contributed by atoms with Gasteiger partial charge >= 0.3 is 0 Å². The second-order valence-electron chi connectivity index (χ2n) is 3.70. The molecule has 1 N–H and O–H groups in total. The fourth-order valence-electron chi connectivity index (χ4n) is 1.68. The zero-order valence-corrected chi connectivity index (χ0v) is 9.40. The fraction of sp³-hybridized carbons (Fsp3) is 1.00. The molecule has 0 aliphatic carbocycles. The zero-order valence-electron chi connectivity index (χ0n) is 7.77. The van der Waals surface area contributed by atoms with Gasteiger partial charge in [0, 0.05) is 0 Å². The predicted molar refractivity (Wildman–Crippen MR) is 55.6 cm³/mol. The van der Waals surface area contributed by atoms with Crippen molar-refractivity contribution in [3.05, 3.63) is 0 Å². The Kier molecular flexibility index (Phi) is 4.06. The van der Waals surface area contributed by atoms with Gasteiger partial charge in [-0.2, -0.15) is 20.2 Å². The third-order valence-electron chi connectivity index (χ3n) is 2.47. The van der Waals surface area contributed by atoms with Crippen molar-refractivity contribution in [2.24, 2.45) is 11.8 Å². The van der Waals surface area contributed by atoms with Crippen molar-refractivity contribution < 1.29 is 13.0 Å². The molecule has 5 heteroatoms. The van der Waals surface area contributed by atoms with E-state index in [0.29, 0.717) is 5.92 Å². The smallest absolute Gasteiger partial charge is 0.265 e. The molecule has 1 rings (SSSR count). The van der Waals surface area contributed by atoms with Crippen molar-refractivity contribution in [1.29, 1.82) is 0 Å². The highest BCUT2D eigenvalue weighted by Gasteiger charge is 2.23. The number of thioether (sulfide) groups is 1. The van der Waals surface area contributed by atoms with Gasteiger partial charge in [0.25, 0.3) is 10.1 Å². The SMILES string of the molecule is CC(CS(=O)(=O)O)C1CCCSC1. The van der Waals surface area contributed by atoms with Crippen molar-refractivity contribution in [3.8, 4) is 0 Å². The van der Waals surface area contributed by atoms with Crippen LogP contribution in [0.5, 0.6) is 0 Å². The molecule has 1 saturated heterocycles. The largest absolute Gasteiger partial charge is 0.286 e. The van der Waals surface area contributed by atoms with E-state index in [1.165, 1.54) is 12.2 Å². The molecule has 78 valence electrons. The molecule has 0 saturated carbocycles. The fourth-order valence-corrected chi connectivity index (χ4v) is 3.95. The first kappa shape index (κ1) is 11.3. The van der Waals surface area contributed by atoms with Crippen LogP contribution in [0.25, 0.3) is 0 Å². The van der Waals surface area contributed by atoms with Crippen molar-refractivity contribution in [1.82, 2.24) is 0 Å². The molecule has 0 radical (unpaired) electrons. The van der Waals surface area contributed by atoms with Gasteiger partial charge in [-0.1, -0.05) is 6.92 Å². The quantitative estimate of drug-likeness (QED) is 0.741. The average molecular weight is 224 g/mol. The minimum Gasteiger partial charge on any atom is -0.286 e. The highest BCUT2D eigenvalue weighted by atomic mass is 32.2. The normalized spacial score (nSPS) is 27.1. The van der Waals surface area contributed by atoms with E-state index in [0.717, 1.165) is 12.2 Å². The maximum absolute atomic E-state index is 10.6. The molecule has 1 heterocycles. The van der Waals surface area contributed by atoms with Gasteiger partial charge in [-0.3, -0.25) is 4.55 Å². The summed E-state index contributed by atoms with van der Waals surface area (Å²) in [5.41, 5.74) is 0. The van der Waals surface area contributed by atoms with Crippen LogP contribution in [0.4, 0.5) is 0 Å². The Morgan fingerprint density at radius 1 is 1.62 bits per heavy atom. The molecule has 3 nitrogen and oxygen atoms in total. The first-order valence-corrected chi connectivity index (χ1v) is 7.28. The molecule has 0 aromatic heterocycles. The van der Waals surface area contributed by atoms with Crippen molar-refractivity contribution >= 4 is 21.9 Å². The first-order chi connectivity index (χ1) is 5.99. The Hall–Kier alpha value is 0.260. The van der Waals surface area contributed by atoms with Crippen LogP contribution in [0.2, 0.25) is 0 Å². The number of hydrogen-bond donors (Lipinski definition) is 1. The van der Waals surface area contributed by atoms with Crippen LogP contribution >= 0.6 is 11.8 Å². The second-order valence-corrected chi connectivity index (χ2v) is 6.35. The highest BCUT2D eigenvalue weighted by molar-refractivity contribution is 7.99. The first-order valence-electron chi connectivity index (χ1n) is 4.52. The maximum Gasteiger partial charge on any atom is 0.265 e. The van der Waals surface area contributed by atoms with E-state index in [4.69, 9.17) is 4.55 Å². The molecule has 1 aliphatic heterocycles. The summed E-state index contributed by atoms with van der Waals surface area (Å²) in [4.78, 5) is 0. The van der Waals surface area contributed by atoms with E-state index in [1.807, 2.05) is 18.7 Å². The average Bonchev–Trinajstić information content (AvgIpc) is 2.03. The van der Waals surface area contributed by atoms with Crippen LogP contribution in [0.15, 0.2) is 0 Å². The Balaban J connectivity index is 2.42. The van der Waals surface area contributed by atoms with Gasteiger partial charge in [-0.25, -0.2) is 0 Å². The van der Waals surface area contributed by atoms with Gasteiger partial charge in [-0.15, -0.1) is 0 Å². The molecule has 0 spiro atoms. The lowest BCUT2D eigenvalue weighted by Crippen LogP contribution is -2.24. The summed E-state index contributed by atoms with van der Waals surface area (Å²) < 4.78 is 30.0. The Morgan fingerprint density at radius 2 is 2.31 bits per heavy atom. The van der Waals surface area contributed by atoms with Gasteiger partial charge in [0.05, 0.1) is 5.75 Å². The van der Waals surface area contributed by atoms with Crippen molar-refractivity contribution in [2.45, 2.75) is 19.8 Å². The molecule has 1 fully saturated rings. The van der Waals surface area contributed by atoms with Crippen LogP contribution in [-0.2, 0) is 10.1 Å². The van der Waals surface area contributed by atoms with Gasteiger partial charge < -0.3 is 0 Å². The lowest BCUT2D eigenvalue weighted by atomic mass is 9.93. The molecule has 0 aromatic carbocycles. The molecular weight excluding hydrogens is 208 g/mol. The summed E-state index contributed by atoms with van der Waals surface area (Å²) in [6, 6.07) is 0. The lowest BCUT2D eigenvalue weighted by Gasteiger charge is -2.26. The highest BCUT2D eigenvalue weighted by Crippen LogP contribution is 2.28. The molecule has 13 heavy (non-hydrogen) atoms. The number of rotatable bonds is 3. The Bertz CT molecular complexity index is 242. The summed E-state index contributed by atoms with van der Waals surface area (Å²) in [6.07, 6.45) is 2.27. The van der Waals surface area contributed by atoms with E-state index in [9.17, 15) is 8.42 Å². The van der Waals surface area contributed by atoms with Crippen LogP contribution in [0.3, 0.4) is 0 Å². The molecule has 0 aromatic rings.